The first kappa shape index (κ1) is 17.1. The smallest absolute Gasteiger partial charge is 0.141 e. The lowest BCUT2D eigenvalue weighted by Crippen LogP contribution is -2.16. The van der Waals surface area contributed by atoms with Crippen molar-refractivity contribution < 1.29 is 0 Å². The Hall–Kier alpha value is -3.72. The highest BCUT2D eigenvalue weighted by molar-refractivity contribution is 6.11. The molecule has 0 aliphatic heterocycles. The molecule has 1 aromatic carbocycles. The van der Waals surface area contributed by atoms with E-state index in [-0.39, 0.29) is 6.04 Å². The van der Waals surface area contributed by atoms with Crippen molar-refractivity contribution in [3.63, 3.8) is 0 Å². The quantitative estimate of drug-likeness (QED) is 0.450. The minimum Gasteiger partial charge on any atom is -0.383 e. The topological polar surface area (TPSA) is 101 Å². The number of aromatic nitrogens is 3. The van der Waals surface area contributed by atoms with Crippen LogP contribution in [-0.4, -0.2) is 21.2 Å². The number of hydrogen-bond acceptors (Lipinski definition) is 5. The number of allylic oxidation sites excluding steroid dienone is 1. The van der Waals surface area contributed by atoms with Crippen LogP contribution in [0.2, 0.25) is 0 Å². The maximum atomic E-state index is 9.11. The fraction of sp³-hybridized carbons (Fsp3) is 0.100. The van der Waals surface area contributed by atoms with Crippen LogP contribution in [0.5, 0.6) is 0 Å². The van der Waals surface area contributed by atoms with Crippen LogP contribution in [0.1, 0.15) is 29.3 Å². The summed E-state index contributed by atoms with van der Waals surface area (Å²) in [5, 5.41) is 21.1. The molecule has 3 aromatic rings. The van der Waals surface area contributed by atoms with Crippen LogP contribution in [0.3, 0.4) is 0 Å². The van der Waals surface area contributed by atoms with Crippen molar-refractivity contribution in [2.75, 3.05) is 0 Å². The van der Waals surface area contributed by atoms with Gasteiger partial charge in [-0.05, 0) is 30.2 Å². The number of rotatable bonds is 7. The summed E-state index contributed by atoms with van der Waals surface area (Å²) >= 11 is 0. The minimum absolute atomic E-state index is 0.0562. The molecule has 0 saturated carbocycles. The second kappa shape index (κ2) is 7.90. The van der Waals surface area contributed by atoms with Crippen molar-refractivity contribution in [1.82, 2.24) is 20.3 Å². The van der Waals surface area contributed by atoms with E-state index in [1.54, 1.807) is 18.5 Å². The highest BCUT2D eigenvalue weighted by Gasteiger charge is 2.11. The fourth-order valence-electron chi connectivity index (χ4n) is 2.76. The Morgan fingerprint density at radius 2 is 2.27 bits per heavy atom. The highest BCUT2D eigenvalue weighted by atomic mass is 14.9. The van der Waals surface area contributed by atoms with E-state index in [4.69, 9.17) is 10.7 Å². The van der Waals surface area contributed by atoms with Gasteiger partial charge in [-0.3, -0.25) is 0 Å². The predicted octanol–water partition coefficient (Wildman–Crippen LogP) is 3.73. The van der Waals surface area contributed by atoms with Crippen LogP contribution in [0, 0.1) is 16.7 Å². The zero-order valence-electron chi connectivity index (χ0n) is 14.1. The Kier molecular flexibility index (Phi) is 5.20. The lowest BCUT2D eigenvalue weighted by molar-refractivity contribution is 0.633. The monoisotopic (exact) mass is 342 g/mol. The third-order valence-corrected chi connectivity index (χ3v) is 4.04. The maximum absolute atomic E-state index is 9.11. The first-order valence-corrected chi connectivity index (χ1v) is 8.13. The number of aromatic amines is 1. The molecule has 0 bridgehead atoms. The molecule has 1 atom stereocenters. The van der Waals surface area contributed by atoms with Crippen molar-refractivity contribution >= 4 is 22.8 Å². The van der Waals surface area contributed by atoms with Gasteiger partial charge in [0.05, 0.1) is 23.4 Å². The summed E-state index contributed by atoms with van der Waals surface area (Å²) in [6.45, 7) is 3.81. The molecule has 3 N–H and O–H groups in total. The predicted molar refractivity (Wildman–Crippen MR) is 102 cm³/mol. The Labute approximate surface area is 151 Å². The molecule has 26 heavy (non-hydrogen) atoms. The molecule has 0 aliphatic carbocycles. The summed E-state index contributed by atoms with van der Waals surface area (Å²) in [5.74, 6) is 0. The molecule has 2 aromatic heterocycles. The van der Waals surface area contributed by atoms with Crippen LogP contribution < -0.4 is 5.32 Å². The standard InChI is InChI=1S/C20H18N6/c1-2-4-18(15-6-3-5-14(9-15)10-21)24-12-16(11-22)19-17-7-8-23-20(17)26-13-25-19/h2-3,5-9,11-13,18,22,24H,1,4H2,(H,23,25,26)/b16-12+,22-11?. The number of fused-ring (bicyclic) bond motifs is 1. The molecule has 0 amide bonds. The van der Waals surface area contributed by atoms with Gasteiger partial charge in [0.25, 0.3) is 0 Å². The van der Waals surface area contributed by atoms with E-state index in [0.29, 0.717) is 23.3 Å². The van der Waals surface area contributed by atoms with Crippen molar-refractivity contribution in [3.8, 4) is 6.07 Å². The second-order valence-electron chi connectivity index (χ2n) is 5.69. The van der Waals surface area contributed by atoms with Crippen LogP contribution in [0.4, 0.5) is 0 Å². The molecule has 3 rings (SSSR count). The average Bonchev–Trinajstić information content (AvgIpc) is 3.17. The number of nitriles is 1. The van der Waals surface area contributed by atoms with E-state index < -0.39 is 0 Å². The largest absolute Gasteiger partial charge is 0.383 e. The molecule has 6 nitrogen and oxygen atoms in total. The number of nitrogens with zero attached hydrogens (tertiary/aromatic N) is 3. The van der Waals surface area contributed by atoms with E-state index >= 15 is 0 Å². The third kappa shape index (κ3) is 3.52. The van der Waals surface area contributed by atoms with E-state index in [9.17, 15) is 0 Å². The first-order chi connectivity index (χ1) is 12.8. The summed E-state index contributed by atoms with van der Waals surface area (Å²) in [4.78, 5) is 11.5. The van der Waals surface area contributed by atoms with Gasteiger partial charge in [0.15, 0.2) is 0 Å². The van der Waals surface area contributed by atoms with Crippen molar-refractivity contribution in [2.24, 2.45) is 0 Å². The molecule has 1 unspecified atom stereocenters. The molecular formula is C20H18N6. The van der Waals surface area contributed by atoms with Gasteiger partial charge >= 0.3 is 0 Å². The lowest BCUT2D eigenvalue weighted by Gasteiger charge is -2.17. The molecule has 0 aliphatic rings. The van der Waals surface area contributed by atoms with Crippen LogP contribution in [0.25, 0.3) is 16.6 Å². The Bertz CT molecular complexity index is 1010. The van der Waals surface area contributed by atoms with Crippen LogP contribution >= 0.6 is 0 Å². The summed E-state index contributed by atoms with van der Waals surface area (Å²) in [5.41, 5.74) is 3.65. The van der Waals surface area contributed by atoms with Gasteiger partial charge in [-0.2, -0.15) is 5.26 Å². The molecular weight excluding hydrogens is 324 g/mol. The van der Waals surface area contributed by atoms with Gasteiger partial charge < -0.3 is 15.7 Å². The van der Waals surface area contributed by atoms with E-state index in [2.05, 4.69) is 32.9 Å². The van der Waals surface area contributed by atoms with Gasteiger partial charge in [0, 0.05) is 29.6 Å². The van der Waals surface area contributed by atoms with Gasteiger partial charge in [-0.25, -0.2) is 9.97 Å². The zero-order valence-corrected chi connectivity index (χ0v) is 14.1. The molecule has 0 radical (unpaired) electrons. The normalized spacial score (nSPS) is 12.3. The van der Waals surface area contributed by atoms with Crippen LogP contribution in [-0.2, 0) is 0 Å². The van der Waals surface area contributed by atoms with Gasteiger partial charge in [0.1, 0.15) is 12.0 Å². The maximum Gasteiger partial charge on any atom is 0.141 e. The SMILES string of the molecule is C=CCC(N/C=C(\C=N)c1ncnc2[nH]ccc12)c1cccc(C#N)c1. The Morgan fingerprint density at radius 1 is 1.38 bits per heavy atom. The number of benzene rings is 1. The molecule has 128 valence electrons. The first-order valence-electron chi connectivity index (χ1n) is 8.13. The van der Waals surface area contributed by atoms with Crippen molar-refractivity contribution in [2.45, 2.75) is 12.5 Å². The molecule has 0 saturated heterocycles. The minimum atomic E-state index is -0.0562. The Balaban J connectivity index is 1.93. The summed E-state index contributed by atoms with van der Waals surface area (Å²) < 4.78 is 0. The van der Waals surface area contributed by atoms with E-state index in [1.807, 2.05) is 30.3 Å². The summed E-state index contributed by atoms with van der Waals surface area (Å²) in [7, 11) is 0. The Morgan fingerprint density at radius 3 is 3.04 bits per heavy atom. The highest BCUT2D eigenvalue weighted by Crippen LogP contribution is 2.22. The van der Waals surface area contributed by atoms with Crippen molar-refractivity contribution in [3.05, 3.63) is 78.5 Å². The average molecular weight is 342 g/mol. The van der Waals surface area contributed by atoms with E-state index in [0.717, 1.165) is 16.6 Å². The number of nitrogens with one attached hydrogen (secondary N) is 3. The molecule has 6 heteroatoms. The number of hydrogen-bond donors (Lipinski definition) is 3. The van der Waals surface area contributed by atoms with Gasteiger partial charge in [-0.1, -0.05) is 18.2 Å². The van der Waals surface area contributed by atoms with Gasteiger partial charge in [-0.15, -0.1) is 6.58 Å². The third-order valence-electron chi connectivity index (χ3n) is 4.04. The molecule has 0 fully saturated rings. The van der Waals surface area contributed by atoms with E-state index in [1.165, 1.54) is 12.5 Å². The summed E-state index contributed by atoms with van der Waals surface area (Å²) in [6.07, 6.45) is 8.81. The lowest BCUT2D eigenvalue weighted by atomic mass is 10.0. The van der Waals surface area contributed by atoms with Crippen LogP contribution in [0.15, 0.2) is 61.7 Å². The summed E-state index contributed by atoms with van der Waals surface area (Å²) in [6, 6.07) is 11.4. The molecule has 0 spiro atoms. The fourth-order valence-corrected chi connectivity index (χ4v) is 2.76. The van der Waals surface area contributed by atoms with Gasteiger partial charge in [0.2, 0.25) is 0 Å². The van der Waals surface area contributed by atoms with Crippen molar-refractivity contribution in [1.29, 1.82) is 10.7 Å². The zero-order chi connectivity index (χ0) is 18.4. The second-order valence-corrected chi connectivity index (χ2v) is 5.69. The molecule has 2 heterocycles. The number of H-pyrrole nitrogens is 1.